The molecule has 20 heavy (non-hydrogen) atoms. The number of nitrogens with two attached hydrogens (primary N) is 1. The molecule has 0 saturated carbocycles. The van der Waals surface area contributed by atoms with Crippen LogP contribution in [-0.4, -0.2) is 5.78 Å². The van der Waals surface area contributed by atoms with E-state index in [0.717, 1.165) is 12.1 Å². The Morgan fingerprint density at radius 3 is 2.65 bits per heavy atom. The summed E-state index contributed by atoms with van der Waals surface area (Å²) in [5, 5.41) is 0. The van der Waals surface area contributed by atoms with E-state index >= 15 is 0 Å². The number of alkyl halides is 3. The van der Waals surface area contributed by atoms with Crippen molar-refractivity contribution in [2.75, 3.05) is 0 Å². The van der Waals surface area contributed by atoms with E-state index in [1.54, 1.807) is 0 Å². The van der Waals surface area contributed by atoms with Gasteiger partial charge in [-0.25, -0.2) is 0 Å². The van der Waals surface area contributed by atoms with Crippen LogP contribution < -0.4 is 5.73 Å². The van der Waals surface area contributed by atoms with E-state index in [1.807, 2.05) is 0 Å². The summed E-state index contributed by atoms with van der Waals surface area (Å²) in [7, 11) is 0. The third kappa shape index (κ3) is 2.72. The smallest absolute Gasteiger partial charge is 0.401 e. The summed E-state index contributed by atoms with van der Waals surface area (Å²) in [6.07, 6.45) is -2.70. The SMILES string of the molecule is NC1=C(c2cccc(C(F)(F)F)c2)C(=O)C(C=CCl)C1. The molecule has 0 aliphatic heterocycles. The second-order valence-electron chi connectivity index (χ2n) is 4.47. The molecule has 1 aliphatic rings. The lowest BCUT2D eigenvalue weighted by Crippen LogP contribution is -2.09. The zero-order chi connectivity index (χ0) is 14.9. The van der Waals surface area contributed by atoms with Gasteiger partial charge in [-0.05, 0) is 17.7 Å². The molecule has 1 aromatic rings. The number of hydrogen-bond acceptors (Lipinski definition) is 2. The van der Waals surface area contributed by atoms with Crippen LogP contribution in [0.15, 0.2) is 41.6 Å². The first-order valence-corrected chi connectivity index (χ1v) is 6.25. The van der Waals surface area contributed by atoms with Gasteiger partial charge in [-0.15, -0.1) is 0 Å². The molecule has 0 saturated heterocycles. The molecule has 1 aromatic carbocycles. The van der Waals surface area contributed by atoms with Gasteiger partial charge in [-0.3, -0.25) is 4.79 Å². The highest BCUT2D eigenvalue weighted by Gasteiger charge is 2.34. The first-order chi connectivity index (χ1) is 9.34. The van der Waals surface area contributed by atoms with Gasteiger partial charge in [0.25, 0.3) is 0 Å². The molecule has 2 N–H and O–H groups in total. The van der Waals surface area contributed by atoms with Crippen molar-refractivity contribution in [3.63, 3.8) is 0 Å². The van der Waals surface area contributed by atoms with Gasteiger partial charge in [0.15, 0.2) is 5.78 Å². The third-order valence-electron chi connectivity index (χ3n) is 3.13. The Balaban J connectivity index is 2.42. The second kappa shape index (κ2) is 5.32. The molecule has 0 heterocycles. The second-order valence-corrected chi connectivity index (χ2v) is 4.72. The van der Waals surface area contributed by atoms with Gasteiger partial charge in [0, 0.05) is 29.1 Å². The van der Waals surface area contributed by atoms with Crippen molar-refractivity contribution in [2.45, 2.75) is 12.6 Å². The molecule has 1 unspecified atom stereocenters. The van der Waals surface area contributed by atoms with Crippen LogP contribution in [0.5, 0.6) is 0 Å². The number of ketones is 1. The zero-order valence-corrected chi connectivity index (χ0v) is 11.0. The molecular weight excluding hydrogens is 291 g/mol. The van der Waals surface area contributed by atoms with Gasteiger partial charge < -0.3 is 5.73 Å². The van der Waals surface area contributed by atoms with Crippen LogP contribution >= 0.6 is 11.6 Å². The van der Waals surface area contributed by atoms with Crippen LogP contribution in [-0.2, 0) is 11.0 Å². The predicted octanol–water partition coefficient (Wildman–Crippen LogP) is 3.72. The molecule has 6 heteroatoms. The van der Waals surface area contributed by atoms with Gasteiger partial charge in [-0.1, -0.05) is 29.8 Å². The third-order valence-corrected chi connectivity index (χ3v) is 3.27. The van der Waals surface area contributed by atoms with Gasteiger partial charge in [0.2, 0.25) is 0 Å². The Hall–Kier alpha value is -1.75. The number of rotatable bonds is 2. The van der Waals surface area contributed by atoms with Gasteiger partial charge in [-0.2, -0.15) is 13.2 Å². The minimum absolute atomic E-state index is 0.149. The Morgan fingerprint density at radius 2 is 2.05 bits per heavy atom. The summed E-state index contributed by atoms with van der Waals surface area (Å²) in [5.74, 6) is -0.809. The largest absolute Gasteiger partial charge is 0.416 e. The number of hydrogen-bond donors (Lipinski definition) is 1. The number of halogens is 4. The van der Waals surface area contributed by atoms with Crippen LogP contribution in [0.25, 0.3) is 5.57 Å². The lowest BCUT2D eigenvalue weighted by Gasteiger charge is -2.09. The summed E-state index contributed by atoms with van der Waals surface area (Å²) in [4.78, 5) is 12.1. The molecule has 0 bridgehead atoms. The molecule has 1 aliphatic carbocycles. The lowest BCUT2D eigenvalue weighted by atomic mass is 9.98. The topological polar surface area (TPSA) is 43.1 Å². The molecule has 106 valence electrons. The molecule has 2 nitrogen and oxygen atoms in total. The minimum atomic E-state index is -4.46. The van der Waals surface area contributed by atoms with E-state index in [-0.39, 0.29) is 29.0 Å². The highest BCUT2D eigenvalue weighted by Crippen LogP contribution is 2.36. The monoisotopic (exact) mass is 301 g/mol. The van der Waals surface area contributed by atoms with E-state index < -0.39 is 17.7 Å². The first-order valence-electron chi connectivity index (χ1n) is 5.82. The molecule has 0 spiro atoms. The van der Waals surface area contributed by atoms with E-state index in [0.29, 0.717) is 0 Å². The molecule has 2 rings (SSSR count). The van der Waals surface area contributed by atoms with Crippen molar-refractivity contribution in [3.8, 4) is 0 Å². The maximum absolute atomic E-state index is 12.7. The first kappa shape index (κ1) is 14.7. The lowest BCUT2D eigenvalue weighted by molar-refractivity contribution is -0.137. The number of carbonyl (C=O) groups is 1. The van der Waals surface area contributed by atoms with Crippen LogP contribution in [0.1, 0.15) is 17.5 Å². The van der Waals surface area contributed by atoms with Crippen LogP contribution in [0.3, 0.4) is 0 Å². The fourth-order valence-corrected chi connectivity index (χ4v) is 2.37. The van der Waals surface area contributed by atoms with E-state index in [2.05, 4.69) is 0 Å². The van der Waals surface area contributed by atoms with E-state index in [1.165, 1.54) is 23.7 Å². The fourth-order valence-electron chi connectivity index (χ4n) is 2.20. The van der Waals surface area contributed by atoms with E-state index in [9.17, 15) is 18.0 Å². The van der Waals surface area contributed by atoms with Crippen molar-refractivity contribution in [1.82, 2.24) is 0 Å². The highest BCUT2D eigenvalue weighted by molar-refractivity contribution is 6.27. The minimum Gasteiger partial charge on any atom is -0.401 e. The predicted molar refractivity (Wildman–Crippen MR) is 70.7 cm³/mol. The van der Waals surface area contributed by atoms with Crippen molar-refractivity contribution in [3.05, 3.63) is 52.7 Å². The number of Topliss-reactive ketones (excluding diaryl/α,β-unsaturated/α-hetero) is 1. The summed E-state index contributed by atoms with van der Waals surface area (Å²) >= 11 is 5.43. The summed E-state index contributed by atoms with van der Waals surface area (Å²) in [6.45, 7) is 0. The molecule has 0 aromatic heterocycles. The van der Waals surface area contributed by atoms with E-state index in [4.69, 9.17) is 17.3 Å². The number of allylic oxidation sites excluding steroid dienone is 3. The molecule has 0 fully saturated rings. The van der Waals surface area contributed by atoms with Crippen LogP contribution in [0.2, 0.25) is 0 Å². The quantitative estimate of drug-likeness (QED) is 0.904. The zero-order valence-electron chi connectivity index (χ0n) is 10.2. The molecule has 0 radical (unpaired) electrons. The number of benzene rings is 1. The van der Waals surface area contributed by atoms with Crippen molar-refractivity contribution in [2.24, 2.45) is 11.7 Å². The van der Waals surface area contributed by atoms with Gasteiger partial charge in [0.05, 0.1) is 5.56 Å². The normalized spacial score (nSPS) is 20.2. The fraction of sp³-hybridized carbons (Fsp3) is 0.214. The average molecular weight is 302 g/mol. The summed E-state index contributed by atoms with van der Waals surface area (Å²) in [6, 6.07) is 4.60. The number of carbonyl (C=O) groups excluding carboxylic acids is 1. The molecule has 1 atom stereocenters. The van der Waals surface area contributed by atoms with Crippen LogP contribution in [0.4, 0.5) is 13.2 Å². The van der Waals surface area contributed by atoms with Crippen molar-refractivity contribution < 1.29 is 18.0 Å². The van der Waals surface area contributed by atoms with Gasteiger partial charge >= 0.3 is 6.18 Å². The molecular formula is C14H11ClF3NO. The summed E-state index contributed by atoms with van der Waals surface area (Å²) in [5.41, 5.74) is 6.81. The Morgan fingerprint density at radius 1 is 1.35 bits per heavy atom. The average Bonchev–Trinajstić information content (AvgIpc) is 2.64. The van der Waals surface area contributed by atoms with Gasteiger partial charge in [0.1, 0.15) is 0 Å². The maximum atomic E-state index is 12.7. The standard InChI is InChI=1S/C14H11ClF3NO/c15-5-4-9-7-11(19)12(13(9)20)8-2-1-3-10(6-8)14(16,17)18/h1-6,9H,7,19H2. The highest BCUT2D eigenvalue weighted by atomic mass is 35.5. The summed E-state index contributed by atoms with van der Waals surface area (Å²) < 4.78 is 38.1. The Labute approximate surface area is 118 Å². The maximum Gasteiger partial charge on any atom is 0.416 e. The molecule has 0 amide bonds. The van der Waals surface area contributed by atoms with Crippen molar-refractivity contribution >= 4 is 23.0 Å². The van der Waals surface area contributed by atoms with Crippen molar-refractivity contribution in [1.29, 1.82) is 0 Å². The van der Waals surface area contributed by atoms with Crippen LogP contribution in [0, 0.1) is 5.92 Å². The Kier molecular flexibility index (Phi) is 3.90. The Bertz CT molecular complexity index is 605.